The highest BCUT2D eigenvalue weighted by molar-refractivity contribution is 5.27. The van der Waals surface area contributed by atoms with Gasteiger partial charge in [0.05, 0.1) is 11.4 Å². The van der Waals surface area contributed by atoms with Crippen LogP contribution in [0.5, 0.6) is 0 Å². The summed E-state index contributed by atoms with van der Waals surface area (Å²) in [5, 5.41) is 11.8. The maximum absolute atomic E-state index is 4.48. The van der Waals surface area contributed by atoms with Crippen LogP contribution in [0.25, 0.3) is 0 Å². The molecule has 0 bridgehead atoms. The molecule has 18 heavy (non-hydrogen) atoms. The van der Waals surface area contributed by atoms with Gasteiger partial charge < -0.3 is 5.32 Å². The quantitative estimate of drug-likeness (QED) is 0.893. The molecule has 100 valence electrons. The van der Waals surface area contributed by atoms with Crippen molar-refractivity contribution in [2.75, 3.05) is 5.32 Å². The maximum Gasteiger partial charge on any atom is 0.243 e. The Bertz CT molecular complexity index is 403. The minimum atomic E-state index is 0.502. The Balaban J connectivity index is 2.08. The van der Waals surface area contributed by atoms with Gasteiger partial charge in [-0.05, 0) is 38.5 Å². The summed E-state index contributed by atoms with van der Waals surface area (Å²) in [4.78, 5) is 4.48. The third kappa shape index (κ3) is 2.98. The predicted molar refractivity (Wildman–Crippen MR) is 73.5 cm³/mol. The second kappa shape index (κ2) is 5.63. The van der Waals surface area contributed by atoms with Crippen LogP contribution in [0.2, 0.25) is 0 Å². The highest BCUT2D eigenvalue weighted by atomic mass is 15.2. The molecule has 1 fully saturated rings. The Morgan fingerprint density at radius 3 is 2.44 bits per heavy atom. The molecule has 0 saturated heterocycles. The first-order valence-electron chi connectivity index (χ1n) is 7.02. The number of anilines is 1. The van der Waals surface area contributed by atoms with Gasteiger partial charge in [-0.25, -0.2) is 4.98 Å². The van der Waals surface area contributed by atoms with Gasteiger partial charge in [-0.3, -0.25) is 0 Å². The molecule has 4 heteroatoms. The molecule has 1 saturated carbocycles. The molecule has 4 nitrogen and oxygen atoms in total. The zero-order valence-electron chi connectivity index (χ0n) is 11.9. The van der Waals surface area contributed by atoms with Crippen molar-refractivity contribution in [3.63, 3.8) is 0 Å². The summed E-state index contributed by atoms with van der Waals surface area (Å²) in [5.41, 5.74) is 1.87. The third-order valence-corrected chi connectivity index (χ3v) is 4.08. The summed E-state index contributed by atoms with van der Waals surface area (Å²) in [5.74, 6) is 2.13. The van der Waals surface area contributed by atoms with E-state index >= 15 is 0 Å². The summed E-state index contributed by atoms with van der Waals surface area (Å²) < 4.78 is 0. The number of aromatic nitrogens is 3. The summed E-state index contributed by atoms with van der Waals surface area (Å²) >= 11 is 0. The van der Waals surface area contributed by atoms with Crippen LogP contribution in [0.15, 0.2) is 0 Å². The van der Waals surface area contributed by atoms with Gasteiger partial charge in [0.25, 0.3) is 0 Å². The Hall–Kier alpha value is -1.19. The number of hydrogen-bond donors (Lipinski definition) is 1. The summed E-state index contributed by atoms with van der Waals surface area (Å²) in [6.07, 6.45) is 5.19. The van der Waals surface area contributed by atoms with Crippen molar-refractivity contribution in [1.29, 1.82) is 0 Å². The summed E-state index contributed by atoms with van der Waals surface area (Å²) in [7, 11) is 0. The van der Waals surface area contributed by atoms with Crippen molar-refractivity contribution in [1.82, 2.24) is 15.2 Å². The molecule has 1 aromatic rings. The first-order valence-corrected chi connectivity index (χ1v) is 7.02. The fourth-order valence-electron chi connectivity index (χ4n) is 2.82. The molecule has 0 aliphatic heterocycles. The molecule has 0 spiro atoms. The highest BCUT2D eigenvalue weighted by Gasteiger charge is 2.28. The van der Waals surface area contributed by atoms with Gasteiger partial charge in [0.15, 0.2) is 0 Å². The number of rotatable bonds is 3. The molecule has 1 heterocycles. The van der Waals surface area contributed by atoms with E-state index in [9.17, 15) is 0 Å². The largest absolute Gasteiger partial charge is 0.350 e. The lowest BCUT2D eigenvalue weighted by atomic mass is 9.78. The standard InChI is InChI=1S/C14H24N4/c1-9(2)12-7-5-6-8-13(12)16-14-15-10(3)11(4)17-18-14/h9,12-13H,5-8H2,1-4H3,(H,15,16,18). The van der Waals surface area contributed by atoms with Crippen LogP contribution in [-0.2, 0) is 0 Å². The van der Waals surface area contributed by atoms with Crippen molar-refractivity contribution in [2.45, 2.75) is 59.4 Å². The van der Waals surface area contributed by atoms with Crippen LogP contribution in [0.3, 0.4) is 0 Å². The molecule has 1 aliphatic rings. The van der Waals surface area contributed by atoms with E-state index in [1.807, 2.05) is 13.8 Å². The Morgan fingerprint density at radius 1 is 1.06 bits per heavy atom. The van der Waals surface area contributed by atoms with Crippen LogP contribution >= 0.6 is 0 Å². The van der Waals surface area contributed by atoms with Crippen molar-refractivity contribution >= 4 is 5.95 Å². The molecule has 0 aromatic carbocycles. The smallest absolute Gasteiger partial charge is 0.243 e. The van der Waals surface area contributed by atoms with Crippen LogP contribution in [0.1, 0.15) is 50.9 Å². The third-order valence-electron chi connectivity index (χ3n) is 4.08. The molecule has 2 atom stereocenters. The number of nitrogens with zero attached hydrogens (tertiary/aromatic N) is 3. The molecule has 0 radical (unpaired) electrons. The van der Waals surface area contributed by atoms with E-state index < -0.39 is 0 Å². The van der Waals surface area contributed by atoms with Crippen LogP contribution in [0, 0.1) is 25.7 Å². The van der Waals surface area contributed by atoms with Crippen LogP contribution in [-0.4, -0.2) is 21.2 Å². The Morgan fingerprint density at radius 2 is 1.78 bits per heavy atom. The van der Waals surface area contributed by atoms with Crippen molar-refractivity contribution in [3.05, 3.63) is 11.4 Å². The maximum atomic E-state index is 4.48. The molecular weight excluding hydrogens is 224 g/mol. The zero-order valence-corrected chi connectivity index (χ0v) is 11.9. The Kier molecular flexibility index (Phi) is 4.15. The van der Waals surface area contributed by atoms with E-state index in [0.29, 0.717) is 17.9 Å². The number of hydrogen-bond acceptors (Lipinski definition) is 4. The van der Waals surface area contributed by atoms with Gasteiger partial charge in [0, 0.05) is 6.04 Å². The lowest BCUT2D eigenvalue weighted by molar-refractivity contribution is 0.253. The second-order valence-corrected chi connectivity index (χ2v) is 5.75. The second-order valence-electron chi connectivity index (χ2n) is 5.75. The highest BCUT2D eigenvalue weighted by Crippen LogP contribution is 2.31. The van der Waals surface area contributed by atoms with Crippen molar-refractivity contribution in [2.24, 2.45) is 11.8 Å². The van der Waals surface area contributed by atoms with E-state index in [4.69, 9.17) is 0 Å². The van der Waals surface area contributed by atoms with Crippen LogP contribution in [0.4, 0.5) is 5.95 Å². The average Bonchev–Trinajstić information content (AvgIpc) is 2.34. The molecule has 1 N–H and O–H groups in total. The van der Waals surface area contributed by atoms with Gasteiger partial charge in [0.2, 0.25) is 5.95 Å². The SMILES string of the molecule is Cc1nnc(NC2CCCCC2C(C)C)nc1C. The normalized spacial score (nSPS) is 24.3. The van der Waals surface area contributed by atoms with E-state index in [0.717, 1.165) is 17.3 Å². The van der Waals surface area contributed by atoms with Gasteiger partial charge in [-0.15, -0.1) is 5.10 Å². The minimum absolute atomic E-state index is 0.502. The lowest BCUT2D eigenvalue weighted by Crippen LogP contribution is -2.36. The average molecular weight is 248 g/mol. The van der Waals surface area contributed by atoms with Crippen molar-refractivity contribution < 1.29 is 0 Å². The lowest BCUT2D eigenvalue weighted by Gasteiger charge is -2.34. The van der Waals surface area contributed by atoms with Gasteiger partial charge >= 0.3 is 0 Å². The molecular formula is C14H24N4. The fraction of sp³-hybridized carbons (Fsp3) is 0.786. The van der Waals surface area contributed by atoms with Gasteiger partial charge in [-0.1, -0.05) is 26.7 Å². The summed E-state index contributed by atoms with van der Waals surface area (Å²) in [6, 6.07) is 0.502. The van der Waals surface area contributed by atoms with Gasteiger partial charge in [0.1, 0.15) is 0 Å². The molecule has 0 amide bonds. The Labute approximate surface area is 110 Å². The molecule has 1 aromatic heterocycles. The first-order chi connectivity index (χ1) is 8.58. The minimum Gasteiger partial charge on any atom is -0.350 e. The van der Waals surface area contributed by atoms with Crippen molar-refractivity contribution in [3.8, 4) is 0 Å². The molecule has 1 aliphatic carbocycles. The van der Waals surface area contributed by atoms with Crippen LogP contribution < -0.4 is 5.32 Å². The van der Waals surface area contributed by atoms with E-state index in [2.05, 4.69) is 34.3 Å². The topological polar surface area (TPSA) is 50.7 Å². The van der Waals surface area contributed by atoms with E-state index in [1.165, 1.54) is 25.7 Å². The van der Waals surface area contributed by atoms with Gasteiger partial charge in [-0.2, -0.15) is 5.10 Å². The molecule has 2 rings (SSSR count). The number of nitrogens with one attached hydrogen (secondary N) is 1. The fourth-order valence-corrected chi connectivity index (χ4v) is 2.82. The molecule has 2 unspecified atom stereocenters. The predicted octanol–water partition coefficient (Wildman–Crippen LogP) is 3.12. The number of aryl methyl sites for hydroxylation is 2. The zero-order chi connectivity index (χ0) is 13.1. The van der Waals surface area contributed by atoms with E-state index in [1.54, 1.807) is 0 Å². The summed E-state index contributed by atoms with van der Waals surface area (Å²) in [6.45, 7) is 8.54. The van der Waals surface area contributed by atoms with E-state index in [-0.39, 0.29) is 0 Å². The monoisotopic (exact) mass is 248 g/mol. The first kappa shape index (κ1) is 13.2.